The monoisotopic (exact) mass is 464 g/mol. The van der Waals surface area contributed by atoms with Gasteiger partial charge in [0.2, 0.25) is 0 Å². The van der Waals surface area contributed by atoms with Crippen LogP contribution in [0.2, 0.25) is 0 Å². The largest absolute Gasteiger partial charge is 0.314 e. The summed E-state index contributed by atoms with van der Waals surface area (Å²) in [7, 11) is 0. The van der Waals surface area contributed by atoms with E-state index in [4.69, 9.17) is 0 Å². The fourth-order valence-electron chi connectivity index (χ4n) is 7.23. The first kappa shape index (κ1) is 29.1. The second kappa shape index (κ2) is 16.5. The van der Waals surface area contributed by atoms with Crippen LogP contribution in [0.1, 0.15) is 112 Å². The van der Waals surface area contributed by atoms with Crippen molar-refractivity contribution in [3.8, 4) is 0 Å². The highest BCUT2D eigenvalue weighted by Gasteiger charge is 2.35. The van der Waals surface area contributed by atoms with Crippen molar-refractivity contribution in [3.05, 3.63) is 0 Å². The van der Waals surface area contributed by atoms with Crippen LogP contribution < -0.4 is 21.3 Å². The molecule has 0 bridgehead atoms. The van der Waals surface area contributed by atoms with Crippen LogP contribution in [0.5, 0.6) is 0 Å². The van der Waals surface area contributed by atoms with Gasteiger partial charge in [0.25, 0.3) is 0 Å². The highest BCUT2D eigenvalue weighted by Crippen LogP contribution is 2.40. The predicted octanol–water partition coefficient (Wildman–Crippen LogP) is 5.72. The molecule has 0 amide bonds. The molecule has 0 aromatic heterocycles. The van der Waals surface area contributed by atoms with Crippen molar-refractivity contribution in [1.82, 2.24) is 21.3 Å². The summed E-state index contributed by atoms with van der Waals surface area (Å²) < 4.78 is 0. The molecule has 8 atom stereocenters. The molecule has 4 heteroatoms. The third-order valence-corrected chi connectivity index (χ3v) is 8.95. The van der Waals surface area contributed by atoms with Crippen LogP contribution in [0.25, 0.3) is 0 Å². The highest BCUT2D eigenvalue weighted by molar-refractivity contribution is 4.91. The van der Waals surface area contributed by atoms with E-state index in [1.54, 1.807) is 0 Å². The van der Waals surface area contributed by atoms with Gasteiger partial charge in [0, 0.05) is 24.2 Å². The molecule has 2 fully saturated rings. The number of hydrogen-bond donors (Lipinski definition) is 4. The Kier molecular flexibility index (Phi) is 14.5. The molecule has 0 aromatic carbocycles. The molecule has 0 saturated heterocycles. The van der Waals surface area contributed by atoms with Crippen molar-refractivity contribution in [1.29, 1.82) is 0 Å². The zero-order valence-corrected chi connectivity index (χ0v) is 23.2. The first-order chi connectivity index (χ1) is 16.1. The molecule has 0 radical (unpaired) electrons. The lowest BCUT2D eigenvalue weighted by Crippen LogP contribution is -2.46. The summed E-state index contributed by atoms with van der Waals surface area (Å²) in [5.41, 5.74) is 0. The Bertz CT molecular complexity index is 442. The second-order valence-electron chi connectivity index (χ2n) is 11.2. The summed E-state index contributed by atoms with van der Waals surface area (Å²) in [4.78, 5) is 0. The summed E-state index contributed by atoms with van der Waals surface area (Å²) in [6.07, 6.45) is 15.3. The van der Waals surface area contributed by atoms with Gasteiger partial charge in [0.05, 0.1) is 0 Å². The molecule has 2 aliphatic carbocycles. The summed E-state index contributed by atoms with van der Waals surface area (Å²) in [6.45, 7) is 18.2. The Morgan fingerprint density at radius 2 is 1.00 bits per heavy atom. The average molecular weight is 465 g/mol. The average Bonchev–Trinajstić information content (AvgIpc) is 2.81. The van der Waals surface area contributed by atoms with Crippen molar-refractivity contribution in [3.63, 3.8) is 0 Å². The van der Waals surface area contributed by atoms with E-state index in [1.165, 1.54) is 70.6 Å². The third kappa shape index (κ3) is 9.78. The van der Waals surface area contributed by atoms with Crippen molar-refractivity contribution in [2.75, 3.05) is 26.2 Å². The van der Waals surface area contributed by atoms with E-state index < -0.39 is 0 Å². The Balaban J connectivity index is 1.89. The topological polar surface area (TPSA) is 48.1 Å². The van der Waals surface area contributed by atoms with Gasteiger partial charge in [-0.3, -0.25) is 0 Å². The van der Waals surface area contributed by atoms with Crippen LogP contribution in [0.15, 0.2) is 0 Å². The van der Waals surface area contributed by atoms with E-state index in [1.807, 2.05) is 0 Å². The molecule has 0 heterocycles. The van der Waals surface area contributed by atoms with Crippen LogP contribution in [0.3, 0.4) is 0 Å². The Morgan fingerprint density at radius 3 is 1.33 bits per heavy atom. The predicted molar refractivity (Wildman–Crippen MR) is 146 cm³/mol. The van der Waals surface area contributed by atoms with E-state index >= 15 is 0 Å². The number of hydrogen-bond acceptors (Lipinski definition) is 4. The molecule has 2 rings (SSSR count). The van der Waals surface area contributed by atoms with Crippen LogP contribution >= 0.6 is 0 Å². The fourth-order valence-corrected chi connectivity index (χ4v) is 7.23. The van der Waals surface area contributed by atoms with E-state index in [0.717, 1.165) is 61.9 Å². The number of rotatable bonds is 16. The second-order valence-corrected chi connectivity index (χ2v) is 11.2. The Labute approximate surface area is 207 Å². The van der Waals surface area contributed by atoms with Crippen molar-refractivity contribution in [2.45, 2.75) is 136 Å². The Morgan fingerprint density at radius 1 is 0.576 bits per heavy atom. The van der Waals surface area contributed by atoms with Gasteiger partial charge in [-0.15, -0.1) is 0 Å². The molecule has 8 unspecified atom stereocenters. The van der Waals surface area contributed by atoms with E-state index in [0.29, 0.717) is 12.1 Å². The zero-order valence-electron chi connectivity index (χ0n) is 23.2. The van der Waals surface area contributed by atoms with Gasteiger partial charge in [-0.1, -0.05) is 54.4 Å². The summed E-state index contributed by atoms with van der Waals surface area (Å²) in [6, 6.07) is 2.85. The normalized spacial score (nSPS) is 32.5. The quantitative estimate of drug-likeness (QED) is 0.236. The van der Waals surface area contributed by atoms with E-state index in [-0.39, 0.29) is 0 Å². The van der Waals surface area contributed by atoms with Crippen LogP contribution in [0.4, 0.5) is 0 Å². The molecule has 2 aliphatic rings. The van der Waals surface area contributed by atoms with Gasteiger partial charge in [-0.05, 0) is 108 Å². The maximum atomic E-state index is 3.90. The minimum absolute atomic E-state index is 0.697. The standard InChI is InChI=1S/C29H60N4/c1-7-26(30-9-3)20-24-15-13-22(18-28(24)32-11-5)17-23-14-16-25(29(19-23)33-12-6)21-27(8-2)31-10-4/h22-33H,7-21H2,1-6H3. The molecule has 33 heavy (non-hydrogen) atoms. The first-order valence-electron chi connectivity index (χ1n) is 15.0. The third-order valence-electron chi connectivity index (χ3n) is 8.95. The molecular weight excluding hydrogens is 404 g/mol. The van der Waals surface area contributed by atoms with E-state index in [9.17, 15) is 0 Å². The van der Waals surface area contributed by atoms with Gasteiger partial charge in [0.1, 0.15) is 0 Å². The maximum absolute atomic E-state index is 3.90. The molecule has 0 spiro atoms. The fraction of sp³-hybridized carbons (Fsp3) is 1.00. The van der Waals surface area contributed by atoms with Crippen molar-refractivity contribution >= 4 is 0 Å². The molecular formula is C29H60N4. The van der Waals surface area contributed by atoms with Gasteiger partial charge in [0.15, 0.2) is 0 Å². The number of nitrogens with one attached hydrogen (secondary N) is 4. The minimum atomic E-state index is 0.697. The molecule has 2 saturated carbocycles. The lowest BCUT2D eigenvalue weighted by molar-refractivity contribution is 0.128. The molecule has 4 nitrogen and oxygen atoms in total. The highest BCUT2D eigenvalue weighted by atomic mass is 14.9. The molecule has 196 valence electrons. The summed E-state index contributed by atoms with van der Waals surface area (Å²) in [5.74, 6) is 3.57. The SMILES string of the molecule is CCNC(CC)CC1CCC(CC2CCC(CC(CC)NCC)C(NCC)C2)CC1NCC. The smallest absolute Gasteiger partial charge is 0.00984 e. The molecule has 0 aromatic rings. The van der Waals surface area contributed by atoms with Gasteiger partial charge >= 0.3 is 0 Å². The van der Waals surface area contributed by atoms with Crippen LogP contribution in [-0.2, 0) is 0 Å². The maximum Gasteiger partial charge on any atom is 0.00984 e. The lowest BCUT2D eigenvalue weighted by atomic mass is 9.68. The minimum Gasteiger partial charge on any atom is -0.314 e. The van der Waals surface area contributed by atoms with Gasteiger partial charge < -0.3 is 21.3 Å². The first-order valence-corrected chi connectivity index (χ1v) is 15.0. The van der Waals surface area contributed by atoms with Gasteiger partial charge in [-0.2, -0.15) is 0 Å². The zero-order chi connectivity index (χ0) is 24.1. The van der Waals surface area contributed by atoms with Crippen molar-refractivity contribution < 1.29 is 0 Å². The lowest BCUT2D eigenvalue weighted by Gasteiger charge is -2.42. The summed E-state index contributed by atoms with van der Waals surface area (Å²) >= 11 is 0. The molecule has 4 N–H and O–H groups in total. The van der Waals surface area contributed by atoms with Gasteiger partial charge in [-0.25, -0.2) is 0 Å². The van der Waals surface area contributed by atoms with E-state index in [2.05, 4.69) is 62.8 Å². The Hall–Kier alpha value is -0.160. The van der Waals surface area contributed by atoms with Crippen molar-refractivity contribution in [2.24, 2.45) is 23.7 Å². The molecule has 0 aliphatic heterocycles. The van der Waals surface area contributed by atoms with Crippen LogP contribution in [-0.4, -0.2) is 50.3 Å². The van der Waals surface area contributed by atoms with Crippen LogP contribution in [0, 0.1) is 23.7 Å². The summed E-state index contributed by atoms with van der Waals surface area (Å²) in [5, 5.41) is 15.3.